The molecule has 0 bridgehead atoms. The van der Waals surface area contributed by atoms with Gasteiger partial charge in [0.25, 0.3) is 0 Å². The van der Waals surface area contributed by atoms with Crippen molar-refractivity contribution in [1.29, 1.82) is 0 Å². The van der Waals surface area contributed by atoms with E-state index >= 15 is 0 Å². The zero-order valence-corrected chi connectivity index (χ0v) is 12.4. The van der Waals surface area contributed by atoms with Crippen LogP contribution in [0.4, 0.5) is 5.69 Å². The van der Waals surface area contributed by atoms with E-state index in [9.17, 15) is 9.59 Å². The van der Waals surface area contributed by atoms with Crippen LogP contribution in [-0.4, -0.2) is 17.0 Å². The van der Waals surface area contributed by atoms with Gasteiger partial charge in [-0.15, -0.1) is 0 Å². The Balaban J connectivity index is 1.75. The minimum atomic E-state index is -1.01. The molecule has 0 spiro atoms. The maximum Gasteiger partial charge on any atom is 0.337 e. The van der Waals surface area contributed by atoms with Gasteiger partial charge in [0.2, 0.25) is 5.91 Å². The molecule has 2 fully saturated rings. The number of benzene rings is 1. The Bertz CT molecular complexity index is 548. The SMILES string of the molecule is O=C(O)c1cc(I)ccc1NC(=O)C1CC2CC2C1. The summed E-state index contributed by atoms with van der Waals surface area (Å²) >= 11 is 2.06. The second-order valence-corrected chi connectivity index (χ2v) is 6.65. The number of carboxylic acids is 1. The Morgan fingerprint density at radius 2 is 1.89 bits per heavy atom. The van der Waals surface area contributed by atoms with Crippen LogP contribution < -0.4 is 5.32 Å². The summed E-state index contributed by atoms with van der Waals surface area (Å²) < 4.78 is 0.843. The van der Waals surface area contributed by atoms with Gasteiger partial charge in [0.05, 0.1) is 11.3 Å². The highest BCUT2D eigenvalue weighted by molar-refractivity contribution is 14.1. The van der Waals surface area contributed by atoms with Gasteiger partial charge in [-0.2, -0.15) is 0 Å². The third-order valence-corrected chi connectivity index (χ3v) is 4.76. The van der Waals surface area contributed by atoms with Crippen molar-refractivity contribution in [3.05, 3.63) is 27.3 Å². The topological polar surface area (TPSA) is 66.4 Å². The van der Waals surface area contributed by atoms with Crippen LogP contribution in [0.15, 0.2) is 18.2 Å². The van der Waals surface area contributed by atoms with E-state index in [2.05, 4.69) is 27.9 Å². The quantitative estimate of drug-likeness (QED) is 0.803. The number of rotatable bonds is 3. The predicted molar refractivity (Wildman–Crippen MR) is 79.1 cm³/mol. The Hall–Kier alpha value is -1.11. The Labute approximate surface area is 124 Å². The van der Waals surface area contributed by atoms with Crippen molar-refractivity contribution in [2.24, 2.45) is 17.8 Å². The number of carbonyl (C=O) groups excluding carboxylic acids is 1. The summed E-state index contributed by atoms with van der Waals surface area (Å²) in [4.78, 5) is 23.3. The highest BCUT2D eigenvalue weighted by Gasteiger charge is 2.48. The molecule has 2 aliphatic carbocycles. The average molecular weight is 371 g/mol. The molecule has 4 nitrogen and oxygen atoms in total. The first kappa shape index (κ1) is 12.9. The summed E-state index contributed by atoms with van der Waals surface area (Å²) in [5.74, 6) is 0.501. The van der Waals surface area contributed by atoms with Crippen molar-refractivity contribution in [2.45, 2.75) is 19.3 Å². The first-order chi connectivity index (χ1) is 9.04. The van der Waals surface area contributed by atoms with E-state index in [4.69, 9.17) is 5.11 Å². The molecule has 2 unspecified atom stereocenters. The fourth-order valence-corrected chi connectivity index (χ4v) is 3.46. The van der Waals surface area contributed by atoms with Crippen LogP contribution in [0.3, 0.4) is 0 Å². The van der Waals surface area contributed by atoms with Gasteiger partial charge in [0.15, 0.2) is 0 Å². The van der Waals surface area contributed by atoms with Crippen LogP contribution in [0.5, 0.6) is 0 Å². The van der Waals surface area contributed by atoms with Gasteiger partial charge in [-0.1, -0.05) is 0 Å². The van der Waals surface area contributed by atoms with Gasteiger partial charge >= 0.3 is 5.97 Å². The number of halogens is 1. The second kappa shape index (κ2) is 4.77. The van der Waals surface area contributed by atoms with Crippen molar-refractivity contribution < 1.29 is 14.7 Å². The van der Waals surface area contributed by atoms with E-state index in [0.717, 1.165) is 28.2 Å². The van der Waals surface area contributed by atoms with E-state index in [-0.39, 0.29) is 17.4 Å². The number of hydrogen-bond acceptors (Lipinski definition) is 2. The minimum Gasteiger partial charge on any atom is -0.478 e. The van der Waals surface area contributed by atoms with Gasteiger partial charge in [0, 0.05) is 9.49 Å². The minimum absolute atomic E-state index is 0.0316. The average Bonchev–Trinajstić information content (AvgIpc) is 2.98. The van der Waals surface area contributed by atoms with Crippen molar-refractivity contribution in [3.63, 3.8) is 0 Å². The van der Waals surface area contributed by atoms with Crippen molar-refractivity contribution in [1.82, 2.24) is 0 Å². The molecule has 2 N–H and O–H groups in total. The van der Waals surface area contributed by atoms with Gasteiger partial charge in [-0.05, 0) is 71.9 Å². The van der Waals surface area contributed by atoms with Gasteiger partial charge < -0.3 is 10.4 Å². The molecule has 19 heavy (non-hydrogen) atoms. The lowest BCUT2D eigenvalue weighted by Crippen LogP contribution is -2.22. The Morgan fingerprint density at radius 1 is 1.21 bits per heavy atom. The summed E-state index contributed by atoms with van der Waals surface area (Å²) in [5.41, 5.74) is 0.557. The zero-order chi connectivity index (χ0) is 13.6. The summed E-state index contributed by atoms with van der Waals surface area (Å²) in [5, 5.41) is 11.9. The lowest BCUT2D eigenvalue weighted by atomic mass is 10.0. The molecule has 0 aliphatic heterocycles. The number of anilines is 1. The number of amides is 1. The largest absolute Gasteiger partial charge is 0.478 e. The van der Waals surface area contributed by atoms with Gasteiger partial charge in [-0.25, -0.2) is 4.79 Å². The summed E-state index contributed by atoms with van der Waals surface area (Å²) in [7, 11) is 0. The molecule has 3 rings (SSSR count). The molecule has 2 saturated carbocycles. The molecule has 1 aromatic carbocycles. The first-order valence-corrected chi connectivity index (χ1v) is 7.46. The fraction of sp³-hybridized carbons (Fsp3) is 0.429. The molecule has 2 atom stereocenters. The summed E-state index contributed by atoms with van der Waals surface area (Å²) in [6, 6.07) is 5.04. The number of fused-ring (bicyclic) bond motifs is 1. The Kier molecular flexibility index (Phi) is 3.24. The number of hydrogen-bond donors (Lipinski definition) is 2. The maximum atomic E-state index is 12.1. The monoisotopic (exact) mass is 371 g/mol. The lowest BCUT2D eigenvalue weighted by Gasteiger charge is -2.14. The number of nitrogens with one attached hydrogen (secondary N) is 1. The van der Waals surface area contributed by atoms with Crippen LogP contribution >= 0.6 is 22.6 Å². The van der Waals surface area contributed by atoms with Crippen LogP contribution in [0.25, 0.3) is 0 Å². The molecule has 0 heterocycles. The second-order valence-electron chi connectivity index (χ2n) is 5.41. The maximum absolute atomic E-state index is 12.1. The van der Waals surface area contributed by atoms with Crippen LogP contribution in [-0.2, 0) is 4.79 Å². The van der Waals surface area contributed by atoms with Crippen LogP contribution in [0, 0.1) is 21.3 Å². The van der Waals surface area contributed by atoms with Crippen molar-refractivity contribution >= 4 is 40.2 Å². The molecule has 0 saturated heterocycles. The van der Waals surface area contributed by atoms with Crippen molar-refractivity contribution in [2.75, 3.05) is 5.32 Å². The predicted octanol–water partition coefficient (Wildman–Crippen LogP) is 2.97. The van der Waals surface area contributed by atoms with E-state index in [1.165, 1.54) is 6.42 Å². The first-order valence-electron chi connectivity index (χ1n) is 6.38. The summed E-state index contributed by atoms with van der Waals surface area (Å²) in [6.07, 6.45) is 3.19. The van der Waals surface area contributed by atoms with Crippen LogP contribution in [0.2, 0.25) is 0 Å². The zero-order valence-electron chi connectivity index (χ0n) is 10.2. The molecule has 1 aromatic rings. The fourth-order valence-electron chi connectivity index (χ4n) is 2.97. The number of carboxylic acid groups (broad SMARTS) is 1. The molecule has 0 radical (unpaired) electrons. The van der Waals surface area contributed by atoms with E-state index < -0.39 is 5.97 Å². The highest BCUT2D eigenvalue weighted by Crippen LogP contribution is 2.54. The highest BCUT2D eigenvalue weighted by atomic mass is 127. The van der Waals surface area contributed by atoms with E-state index in [1.54, 1.807) is 18.2 Å². The molecule has 100 valence electrons. The van der Waals surface area contributed by atoms with Gasteiger partial charge in [-0.3, -0.25) is 4.79 Å². The summed E-state index contributed by atoms with van der Waals surface area (Å²) in [6.45, 7) is 0. The molecule has 2 aliphatic rings. The number of carbonyl (C=O) groups is 2. The number of aromatic carboxylic acids is 1. The molecule has 1 amide bonds. The smallest absolute Gasteiger partial charge is 0.337 e. The normalized spacial score (nSPS) is 27.7. The molecule has 5 heteroatoms. The standard InChI is InChI=1S/C14H14INO3/c15-10-1-2-12(11(6-10)14(18)19)16-13(17)9-4-7-3-8(7)5-9/h1-2,6-9H,3-5H2,(H,16,17)(H,18,19). The van der Waals surface area contributed by atoms with Gasteiger partial charge in [0.1, 0.15) is 0 Å². The van der Waals surface area contributed by atoms with Crippen molar-refractivity contribution in [3.8, 4) is 0 Å². The Morgan fingerprint density at radius 3 is 2.53 bits per heavy atom. The molecular formula is C14H14INO3. The lowest BCUT2D eigenvalue weighted by molar-refractivity contribution is -0.120. The van der Waals surface area contributed by atoms with E-state index in [0.29, 0.717) is 5.69 Å². The third-order valence-electron chi connectivity index (χ3n) is 4.08. The van der Waals surface area contributed by atoms with Crippen LogP contribution in [0.1, 0.15) is 29.6 Å². The molecular weight excluding hydrogens is 357 g/mol. The van der Waals surface area contributed by atoms with E-state index in [1.807, 2.05) is 0 Å². The molecule has 0 aromatic heterocycles. The third kappa shape index (κ3) is 2.61.